The average Bonchev–Trinajstić information content (AvgIpc) is 3.21. The number of rotatable bonds is 5. The molecule has 122 valence electrons. The van der Waals surface area contributed by atoms with Crippen molar-refractivity contribution < 1.29 is 14.6 Å². The Balaban J connectivity index is 1.63. The first-order chi connectivity index (χ1) is 11.2. The first kappa shape index (κ1) is 16.0. The van der Waals surface area contributed by atoms with Gasteiger partial charge in [-0.15, -0.1) is 11.3 Å². The van der Waals surface area contributed by atoms with E-state index in [0.29, 0.717) is 31.0 Å². The number of aromatic nitrogens is 1. The minimum absolute atomic E-state index is 0.00379. The molecule has 2 heterocycles. The lowest BCUT2D eigenvalue weighted by molar-refractivity contribution is 0.0781. The van der Waals surface area contributed by atoms with Crippen LogP contribution in [0.5, 0.6) is 5.75 Å². The lowest BCUT2D eigenvalue weighted by Gasteiger charge is -2.16. The second-order valence-corrected chi connectivity index (χ2v) is 6.83. The number of hydrogen-bond acceptors (Lipinski definition) is 5. The monoisotopic (exact) mass is 332 g/mol. The Morgan fingerprint density at radius 3 is 3.09 bits per heavy atom. The zero-order valence-electron chi connectivity index (χ0n) is 13.1. The third-order valence-electron chi connectivity index (χ3n) is 3.97. The molecule has 0 saturated carbocycles. The van der Waals surface area contributed by atoms with Crippen LogP contribution in [0.15, 0.2) is 29.6 Å². The number of carbonyl (C=O) groups excluding carboxylic acids is 1. The second kappa shape index (κ2) is 7.10. The van der Waals surface area contributed by atoms with Crippen molar-refractivity contribution in [1.82, 2.24) is 9.88 Å². The number of hydrogen-bond donors (Lipinski definition) is 1. The number of nitrogens with zero attached hydrogens (tertiary/aromatic N) is 2. The summed E-state index contributed by atoms with van der Waals surface area (Å²) in [4.78, 5) is 18.7. The van der Waals surface area contributed by atoms with Crippen molar-refractivity contribution in [2.24, 2.45) is 5.92 Å². The van der Waals surface area contributed by atoms with Gasteiger partial charge in [0.2, 0.25) is 0 Å². The molecule has 6 heteroatoms. The second-order valence-electron chi connectivity index (χ2n) is 5.76. The van der Waals surface area contributed by atoms with E-state index in [1.807, 2.05) is 24.4 Å². The summed E-state index contributed by atoms with van der Waals surface area (Å²) in [7, 11) is 0. The number of thiazole rings is 1. The Kier molecular flexibility index (Phi) is 4.93. The average molecular weight is 332 g/mol. The summed E-state index contributed by atoms with van der Waals surface area (Å²) in [6.45, 7) is 3.83. The maximum Gasteiger partial charge on any atom is 0.253 e. The van der Waals surface area contributed by atoms with E-state index < -0.39 is 0 Å². The maximum atomic E-state index is 12.5. The molecule has 2 aromatic rings. The van der Waals surface area contributed by atoms with Gasteiger partial charge in [0.05, 0.1) is 10.7 Å². The summed E-state index contributed by atoms with van der Waals surface area (Å²) < 4.78 is 5.73. The minimum atomic E-state index is -0.00379. The smallest absolute Gasteiger partial charge is 0.253 e. The Bertz CT molecular complexity index is 686. The minimum Gasteiger partial charge on any atom is -0.487 e. The first-order valence-corrected chi connectivity index (χ1v) is 8.57. The summed E-state index contributed by atoms with van der Waals surface area (Å²) in [5, 5.41) is 12.2. The van der Waals surface area contributed by atoms with Crippen LogP contribution in [0.2, 0.25) is 0 Å². The molecular weight excluding hydrogens is 312 g/mol. The van der Waals surface area contributed by atoms with Crippen LogP contribution in [0.3, 0.4) is 0 Å². The molecule has 5 nitrogen and oxygen atoms in total. The number of ether oxygens (including phenoxy) is 1. The highest BCUT2D eigenvalue weighted by Gasteiger charge is 2.26. The van der Waals surface area contributed by atoms with Crippen molar-refractivity contribution in [2.45, 2.75) is 20.0 Å². The van der Waals surface area contributed by atoms with Crippen LogP contribution in [0.25, 0.3) is 0 Å². The van der Waals surface area contributed by atoms with E-state index in [0.717, 1.165) is 17.1 Å². The van der Waals surface area contributed by atoms with Gasteiger partial charge in [-0.1, -0.05) is 6.07 Å². The van der Waals surface area contributed by atoms with E-state index in [2.05, 4.69) is 4.98 Å². The van der Waals surface area contributed by atoms with Gasteiger partial charge in [0, 0.05) is 36.6 Å². The maximum absolute atomic E-state index is 12.5. The summed E-state index contributed by atoms with van der Waals surface area (Å²) in [6.07, 6.45) is 0.863. The highest BCUT2D eigenvalue weighted by atomic mass is 32.1. The quantitative estimate of drug-likeness (QED) is 0.914. The lowest BCUT2D eigenvalue weighted by Crippen LogP contribution is -2.29. The zero-order valence-corrected chi connectivity index (χ0v) is 13.9. The number of likely N-dealkylation sites (tertiary alicyclic amines) is 1. The highest BCUT2D eigenvalue weighted by Crippen LogP contribution is 2.21. The molecule has 1 amide bonds. The van der Waals surface area contributed by atoms with Gasteiger partial charge in [-0.3, -0.25) is 4.79 Å². The Hall–Kier alpha value is -1.92. The van der Waals surface area contributed by atoms with Crippen LogP contribution in [0, 0.1) is 12.8 Å². The standard InChI is InChI=1S/C17H20N2O3S/c1-12-18-15(11-23-12)10-22-16-4-2-3-14(7-16)17(21)19-6-5-13(8-19)9-20/h2-4,7,11,13,20H,5-6,8-10H2,1H3. The van der Waals surface area contributed by atoms with Gasteiger partial charge in [-0.05, 0) is 31.5 Å². The van der Waals surface area contributed by atoms with Gasteiger partial charge < -0.3 is 14.7 Å². The summed E-state index contributed by atoms with van der Waals surface area (Å²) >= 11 is 1.59. The third kappa shape index (κ3) is 3.89. The molecule has 1 aromatic carbocycles. The predicted molar refractivity (Wildman–Crippen MR) is 88.7 cm³/mol. The van der Waals surface area contributed by atoms with Crippen molar-refractivity contribution in [3.63, 3.8) is 0 Å². The number of aliphatic hydroxyl groups excluding tert-OH is 1. The van der Waals surface area contributed by atoms with E-state index in [9.17, 15) is 9.90 Å². The normalized spacial score (nSPS) is 17.5. The Labute approximate surface area is 139 Å². The fourth-order valence-corrected chi connectivity index (χ4v) is 3.30. The van der Waals surface area contributed by atoms with Crippen molar-refractivity contribution in [3.8, 4) is 5.75 Å². The van der Waals surface area contributed by atoms with Gasteiger partial charge in [0.1, 0.15) is 12.4 Å². The lowest BCUT2D eigenvalue weighted by atomic mass is 10.1. The van der Waals surface area contributed by atoms with Crippen LogP contribution in [0.1, 0.15) is 27.5 Å². The van der Waals surface area contributed by atoms with Crippen molar-refractivity contribution in [2.75, 3.05) is 19.7 Å². The van der Waals surface area contributed by atoms with Gasteiger partial charge in [-0.25, -0.2) is 4.98 Å². The summed E-state index contributed by atoms with van der Waals surface area (Å²) in [6, 6.07) is 7.24. The Morgan fingerprint density at radius 1 is 1.52 bits per heavy atom. The number of benzene rings is 1. The molecule has 0 bridgehead atoms. The number of aliphatic hydroxyl groups is 1. The molecule has 1 aliphatic rings. The molecule has 0 spiro atoms. The van der Waals surface area contributed by atoms with Crippen LogP contribution in [-0.2, 0) is 6.61 Å². The fourth-order valence-electron chi connectivity index (χ4n) is 2.70. The predicted octanol–water partition coefficient (Wildman–Crippen LogP) is 2.48. The van der Waals surface area contributed by atoms with Crippen LogP contribution < -0.4 is 4.74 Å². The molecule has 0 aliphatic carbocycles. The van der Waals surface area contributed by atoms with Gasteiger partial charge in [0.15, 0.2) is 0 Å². The van der Waals surface area contributed by atoms with E-state index in [-0.39, 0.29) is 18.4 Å². The fraction of sp³-hybridized carbons (Fsp3) is 0.412. The van der Waals surface area contributed by atoms with E-state index in [1.54, 1.807) is 28.4 Å². The third-order valence-corrected chi connectivity index (χ3v) is 4.79. The molecule has 0 radical (unpaired) electrons. The van der Waals surface area contributed by atoms with Crippen LogP contribution in [-0.4, -0.2) is 40.6 Å². The van der Waals surface area contributed by atoms with Crippen molar-refractivity contribution >= 4 is 17.2 Å². The molecule has 1 fully saturated rings. The van der Waals surface area contributed by atoms with E-state index >= 15 is 0 Å². The molecule has 1 unspecified atom stereocenters. The molecule has 1 aliphatic heterocycles. The molecule has 1 saturated heterocycles. The summed E-state index contributed by atoms with van der Waals surface area (Å²) in [5.74, 6) is 0.863. The SMILES string of the molecule is Cc1nc(COc2cccc(C(=O)N3CCC(CO)C3)c2)cs1. The van der Waals surface area contributed by atoms with Crippen LogP contribution >= 0.6 is 11.3 Å². The van der Waals surface area contributed by atoms with Crippen molar-refractivity contribution in [3.05, 3.63) is 45.9 Å². The molecule has 1 aromatic heterocycles. The topological polar surface area (TPSA) is 62.7 Å². The molecule has 3 rings (SSSR count). The molecule has 23 heavy (non-hydrogen) atoms. The van der Waals surface area contributed by atoms with Gasteiger partial charge in [0.25, 0.3) is 5.91 Å². The van der Waals surface area contributed by atoms with E-state index in [4.69, 9.17) is 4.74 Å². The van der Waals surface area contributed by atoms with E-state index in [1.165, 1.54) is 0 Å². The number of amides is 1. The molecular formula is C17H20N2O3S. The Morgan fingerprint density at radius 2 is 2.39 bits per heavy atom. The van der Waals surface area contributed by atoms with Crippen LogP contribution in [0.4, 0.5) is 0 Å². The van der Waals surface area contributed by atoms with Gasteiger partial charge >= 0.3 is 0 Å². The first-order valence-electron chi connectivity index (χ1n) is 7.69. The highest BCUT2D eigenvalue weighted by molar-refractivity contribution is 7.09. The largest absolute Gasteiger partial charge is 0.487 e. The number of carbonyl (C=O) groups is 1. The van der Waals surface area contributed by atoms with Crippen molar-refractivity contribution in [1.29, 1.82) is 0 Å². The number of aryl methyl sites for hydroxylation is 1. The summed E-state index contributed by atoms with van der Waals surface area (Å²) in [5.41, 5.74) is 1.52. The van der Waals surface area contributed by atoms with Gasteiger partial charge in [-0.2, -0.15) is 0 Å². The molecule has 1 atom stereocenters. The molecule has 1 N–H and O–H groups in total. The zero-order chi connectivity index (χ0) is 16.2.